The molecule has 19 heavy (non-hydrogen) atoms. The number of hydrogen-bond acceptors (Lipinski definition) is 4. The van der Waals surface area contributed by atoms with Gasteiger partial charge in [0.05, 0.1) is 12.9 Å². The number of carbonyl (C=O) groups is 1. The first-order valence-corrected chi connectivity index (χ1v) is 7.61. The SMILES string of the molecule is COC(=O)CCCN(C)S(=O)(=O)Cc1ccccc1. The maximum Gasteiger partial charge on any atom is 0.305 e. The van der Waals surface area contributed by atoms with Gasteiger partial charge in [0.15, 0.2) is 0 Å². The Morgan fingerprint density at radius 3 is 2.47 bits per heavy atom. The fraction of sp³-hybridized carbons (Fsp3) is 0.462. The number of benzene rings is 1. The Bertz CT molecular complexity index is 499. The van der Waals surface area contributed by atoms with Gasteiger partial charge in [0.2, 0.25) is 10.0 Å². The minimum absolute atomic E-state index is 0.0252. The third-order valence-corrected chi connectivity index (χ3v) is 4.58. The largest absolute Gasteiger partial charge is 0.469 e. The molecule has 0 unspecified atom stereocenters. The van der Waals surface area contributed by atoms with Crippen LogP contribution >= 0.6 is 0 Å². The number of hydrogen-bond donors (Lipinski definition) is 0. The van der Waals surface area contributed by atoms with E-state index in [4.69, 9.17) is 0 Å². The van der Waals surface area contributed by atoms with Crippen LogP contribution in [0, 0.1) is 0 Å². The van der Waals surface area contributed by atoms with E-state index in [0.717, 1.165) is 5.56 Å². The fourth-order valence-electron chi connectivity index (χ4n) is 1.58. The first kappa shape index (κ1) is 15.7. The predicted octanol–water partition coefficient (Wildman–Crippen LogP) is 1.40. The molecule has 0 aliphatic carbocycles. The van der Waals surface area contributed by atoms with Crippen LogP contribution in [0.2, 0.25) is 0 Å². The molecule has 0 aromatic heterocycles. The second-order valence-corrected chi connectivity index (χ2v) is 6.32. The van der Waals surface area contributed by atoms with Gasteiger partial charge in [0, 0.05) is 20.0 Å². The fourth-order valence-corrected chi connectivity index (χ4v) is 2.82. The highest BCUT2D eigenvalue weighted by Gasteiger charge is 2.18. The van der Waals surface area contributed by atoms with Gasteiger partial charge < -0.3 is 4.74 Å². The van der Waals surface area contributed by atoms with Gasteiger partial charge in [-0.25, -0.2) is 12.7 Å². The van der Waals surface area contributed by atoms with E-state index < -0.39 is 10.0 Å². The van der Waals surface area contributed by atoms with Crippen LogP contribution in [0.4, 0.5) is 0 Å². The monoisotopic (exact) mass is 285 g/mol. The summed E-state index contributed by atoms with van der Waals surface area (Å²) in [5.74, 6) is -0.350. The van der Waals surface area contributed by atoms with E-state index >= 15 is 0 Å². The van der Waals surface area contributed by atoms with E-state index in [1.807, 2.05) is 18.2 Å². The zero-order valence-electron chi connectivity index (χ0n) is 11.2. The molecular weight excluding hydrogens is 266 g/mol. The van der Waals surface area contributed by atoms with Crippen LogP contribution in [0.5, 0.6) is 0 Å². The zero-order chi connectivity index (χ0) is 14.3. The van der Waals surface area contributed by atoms with Crippen LogP contribution in [-0.4, -0.2) is 39.4 Å². The first-order chi connectivity index (χ1) is 8.95. The summed E-state index contributed by atoms with van der Waals surface area (Å²) in [6, 6.07) is 9.01. The summed E-state index contributed by atoms with van der Waals surface area (Å²) in [5.41, 5.74) is 0.752. The van der Waals surface area contributed by atoms with Crippen molar-refractivity contribution in [2.24, 2.45) is 0 Å². The van der Waals surface area contributed by atoms with E-state index in [9.17, 15) is 13.2 Å². The molecule has 6 heteroatoms. The minimum Gasteiger partial charge on any atom is -0.469 e. The van der Waals surface area contributed by atoms with E-state index in [0.29, 0.717) is 13.0 Å². The molecule has 1 aromatic carbocycles. The zero-order valence-corrected chi connectivity index (χ0v) is 12.0. The van der Waals surface area contributed by atoms with Crippen LogP contribution in [0.25, 0.3) is 0 Å². The Balaban J connectivity index is 2.50. The average Bonchev–Trinajstić information content (AvgIpc) is 2.39. The number of methoxy groups -OCH3 is 1. The van der Waals surface area contributed by atoms with Crippen LogP contribution < -0.4 is 0 Å². The number of sulfonamides is 1. The molecule has 0 fully saturated rings. The van der Waals surface area contributed by atoms with Crippen LogP contribution in [0.1, 0.15) is 18.4 Å². The lowest BCUT2D eigenvalue weighted by molar-refractivity contribution is -0.140. The normalized spacial score (nSPS) is 11.5. The lowest BCUT2D eigenvalue weighted by Gasteiger charge is -2.16. The highest BCUT2D eigenvalue weighted by atomic mass is 32.2. The maximum atomic E-state index is 12.1. The number of carbonyl (C=O) groups excluding carboxylic acids is 1. The smallest absolute Gasteiger partial charge is 0.305 e. The Morgan fingerprint density at radius 1 is 1.26 bits per heavy atom. The molecule has 0 saturated heterocycles. The molecule has 0 heterocycles. The molecule has 1 rings (SSSR count). The third-order valence-electron chi connectivity index (χ3n) is 2.75. The molecule has 0 aliphatic rings. The molecule has 0 bridgehead atoms. The lowest BCUT2D eigenvalue weighted by atomic mass is 10.2. The lowest BCUT2D eigenvalue weighted by Crippen LogP contribution is -2.29. The number of nitrogens with zero attached hydrogens (tertiary/aromatic N) is 1. The molecule has 0 N–H and O–H groups in total. The number of rotatable bonds is 7. The Morgan fingerprint density at radius 2 is 1.89 bits per heavy atom. The van der Waals surface area contributed by atoms with Crippen molar-refractivity contribution < 1.29 is 17.9 Å². The summed E-state index contributed by atoms with van der Waals surface area (Å²) >= 11 is 0. The second kappa shape index (κ2) is 7.25. The van der Waals surface area contributed by atoms with Crippen molar-refractivity contribution in [1.29, 1.82) is 0 Å². The molecule has 0 atom stereocenters. The van der Waals surface area contributed by atoms with E-state index in [2.05, 4.69) is 4.74 Å². The molecule has 0 spiro atoms. The van der Waals surface area contributed by atoms with Crippen LogP contribution in [-0.2, 0) is 25.3 Å². The Hall–Kier alpha value is -1.40. The van der Waals surface area contributed by atoms with Crippen molar-refractivity contribution in [3.8, 4) is 0 Å². The van der Waals surface area contributed by atoms with Gasteiger partial charge >= 0.3 is 5.97 Å². The van der Waals surface area contributed by atoms with Crippen molar-refractivity contribution in [1.82, 2.24) is 4.31 Å². The summed E-state index contributed by atoms with van der Waals surface area (Å²) in [6.07, 6.45) is 0.679. The average molecular weight is 285 g/mol. The van der Waals surface area contributed by atoms with Crippen molar-refractivity contribution in [2.75, 3.05) is 20.7 Å². The van der Waals surface area contributed by atoms with Crippen LogP contribution in [0.3, 0.4) is 0 Å². The minimum atomic E-state index is -3.34. The molecule has 0 saturated carbocycles. The van der Waals surface area contributed by atoms with E-state index in [-0.39, 0.29) is 18.1 Å². The molecule has 5 nitrogen and oxygen atoms in total. The quantitative estimate of drug-likeness (QED) is 0.710. The molecule has 0 aliphatic heterocycles. The summed E-state index contributed by atoms with van der Waals surface area (Å²) < 4.78 is 29.9. The van der Waals surface area contributed by atoms with Gasteiger partial charge in [-0.2, -0.15) is 0 Å². The summed E-state index contributed by atoms with van der Waals surface area (Å²) in [5, 5.41) is 0. The van der Waals surface area contributed by atoms with Crippen molar-refractivity contribution in [2.45, 2.75) is 18.6 Å². The van der Waals surface area contributed by atoms with Gasteiger partial charge in [-0.3, -0.25) is 4.79 Å². The van der Waals surface area contributed by atoms with Crippen molar-refractivity contribution in [3.05, 3.63) is 35.9 Å². The number of ether oxygens (including phenoxy) is 1. The Kier molecular flexibility index (Phi) is 5.98. The summed E-state index contributed by atoms with van der Waals surface area (Å²) in [6.45, 7) is 0.310. The van der Waals surface area contributed by atoms with Gasteiger partial charge in [-0.15, -0.1) is 0 Å². The molecule has 106 valence electrons. The summed E-state index contributed by atoms with van der Waals surface area (Å²) in [7, 11) is -0.496. The van der Waals surface area contributed by atoms with E-state index in [1.54, 1.807) is 12.1 Å². The molecule has 0 radical (unpaired) electrons. The van der Waals surface area contributed by atoms with Crippen molar-refractivity contribution >= 4 is 16.0 Å². The summed E-state index contributed by atoms with van der Waals surface area (Å²) in [4.78, 5) is 10.9. The van der Waals surface area contributed by atoms with E-state index in [1.165, 1.54) is 18.5 Å². The maximum absolute atomic E-state index is 12.1. The van der Waals surface area contributed by atoms with Gasteiger partial charge in [0.25, 0.3) is 0 Å². The topological polar surface area (TPSA) is 63.7 Å². The highest BCUT2D eigenvalue weighted by Crippen LogP contribution is 2.10. The van der Waals surface area contributed by atoms with Gasteiger partial charge in [-0.05, 0) is 12.0 Å². The van der Waals surface area contributed by atoms with Crippen molar-refractivity contribution in [3.63, 3.8) is 0 Å². The second-order valence-electron chi connectivity index (χ2n) is 4.24. The molecular formula is C13H19NO4S. The Labute approximate surface area is 114 Å². The highest BCUT2D eigenvalue weighted by molar-refractivity contribution is 7.88. The predicted molar refractivity (Wildman–Crippen MR) is 72.9 cm³/mol. The van der Waals surface area contributed by atoms with Gasteiger partial charge in [0.1, 0.15) is 0 Å². The van der Waals surface area contributed by atoms with Gasteiger partial charge in [-0.1, -0.05) is 30.3 Å². The molecule has 0 amide bonds. The van der Waals surface area contributed by atoms with Crippen LogP contribution in [0.15, 0.2) is 30.3 Å². The number of esters is 1. The standard InChI is InChI=1S/C13H19NO4S/c1-14(10-6-9-13(15)18-2)19(16,17)11-12-7-4-3-5-8-12/h3-5,7-8H,6,9-11H2,1-2H3. The third kappa shape index (κ3) is 5.40. The molecule has 1 aromatic rings. The first-order valence-electron chi connectivity index (χ1n) is 6.00.